The Labute approximate surface area is 118 Å². The quantitative estimate of drug-likeness (QED) is 0.905. The van der Waals surface area contributed by atoms with Crippen LogP contribution in [0.4, 0.5) is 5.82 Å². The van der Waals surface area contributed by atoms with Gasteiger partial charge in [0.05, 0.1) is 11.3 Å². The van der Waals surface area contributed by atoms with Crippen molar-refractivity contribution in [2.24, 2.45) is 0 Å². The van der Waals surface area contributed by atoms with Gasteiger partial charge >= 0.3 is 0 Å². The van der Waals surface area contributed by atoms with Gasteiger partial charge in [0.1, 0.15) is 17.7 Å². The zero-order valence-corrected chi connectivity index (χ0v) is 12.1. The summed E-state index contributed by atoms with van der Waals surface area (Å²) in [5.74, 6) is 1.50. The highest BCUT2D eigenvalue weighted by Gasteiger charge is 2.19. The maximum atomic E-state index is 8.96. The van der Waals surface area contributed by atoms with Crippen LogP contribution < -0.4 is 5.32 Å². The predicted molar refractivity (Wildman–Crippen MR) is 78.2 cm³/mol. The minimum atomic E-state index is -0.151. The number of hydrogen-bond acceptors (Lipinski definition) is 5. The summed E-state index contributed by atoms with van der Waals surface area (Å²) in [6.45, 7) is 6.19. The molecular weight excluding hydrogens is 250 g/mol. The lowest BCUT2D eigenvalue weighted by Crippen LogP contribution is -2.17. The number of pyridine rings is 1. The van der Waals surface area contributed by atoms with E-state index in [9.17, 15) is 0 Å². The molecule has 0 aliphatic carbocycles. The Bertz CT molecular complexity index is 665. The van der Waals surface area contributed by atoms with E-state index in [1.165, 1.54) is 6.20 Å². The summed E-state index contributed by atoms with van der Waals surface area (Å²) in [5.41, 5.74) is 1.94. The molecule has 0 aromatic carbocycles. The topological polar surface area (TPSA) is 74.5 Å². The van der Waals surface area contributed by atoms with Gasteiger partial charge in [-0.1, -0.05) is 20.8 Å². The monoisotopic (exact) mass is 267 g/mol. The Balaban J connectivity index is 2.59. The molecule has 2 heterocycles. The number of nitrogens with one attached hydrogen (secondary N) is 1. The molecule has 0 unspecified atom stereocenters. The number of aromatic nitrogens is 3. The van der Waals surface area contributed by atoms with Crippen molar-refractivity contribution in [3.8, 4) is 17.3 Å². The van der Waals surface area contributed by atoms with E-state index in [2.05, 4.69) is 47.1 Å². The van der Waals surface area contributed by atoms with Crippen molar-refractivity contribution in [3.05, 3.63) is 35.9 Å². The molecule has 0 saturated carbocycles. The third-order valence-corrected chi connectivity index (χ3v) is 2.82. The van der Waals surface area contributed by atoms with Crippen LogP contribution in [0.1, 0.15) is 32.2 Å². The molecule has 0 saturated heterocycles. The van der Waals surface area contributed by atoms with E-state index < -0.39 is 0 Å². The van der Waals surface area contributed by atoms with Gasteiger partial charge in [-0.25, -0.2) is 9.97 Å². The van der Waals surface area contributed by atoms with E-state index in [1.807, 2.05) is 13.1 Å². The van der Waals surface area contributed by atoms with Crippen LogP contribution in [0.3, 0.4) is 0 Å². The van der Waals surface area contributed by atoms with Crippen molar-refractivity contribution in [2.75, 3.05) is 12.4 Å². The molecule has 102 valence electrons. The van der Waals surface area contributed by atoms with Crippen molar-refractivity contribution < 1.29 is 0 Å². The molecule has 5 nitrogen and oxygen atoms in total. The first kappa shape index (κ1) is 13.9. The fraction of sp³-hybridized carbons (Fsp3) is 0.333. The first-order valence-corrected chi connectivity index (χ1v) is 6.37. The highest BCUT2D eigenvalue weighted by atomic mass is 15.0. The molecule has 0 atom stereocenters. The molecule has 0 bridgehead atoms. The lowest BCUT2D eigenvalue weighted by Gasteiger charge is -2.18. The Kier molecular flexibility index (Phi) is 3.66. The first-order chi connectivity index (χ1) is 9.44. The van der Waals surface area contributed by atoms with Gasteiger partial charge in [-0.05, 0) is 6.07 Å². The van der Waals surface area contributed by atoms with Gasteiger partial charge in [0.15, 0.2) is 0 Å². The fourth-order valence-corrected chi connectivity index (χ4v) is 1.70. The van der Waals surface area contributed by atoms with Crippen LogP contribution in [-0.4, -0.2) is 22.0 Å². The zero-order valence-electron chi connectivity index (χ0n) is 12.1. The summed E-state index contributed by atoms with van der Waals surface area (Å²) in [6.07, 6.45) is 3.24. The molecule has 2 rings (SSSR count). The molecule has 0 spiro atoms. The van der Waals surface area contributed by atoms with Crippen LogP contribution in [-0.2, 0) is 5.41 Å². The van der Waals surface area contributed by atoms with Crippen LogP contribution in [0.2, 0.25) is 0 Å². The minimum Gasteiger partial charge on any atom is -0.373 e. The van der Waals surface area contributed by atoms with Gasteiger partial charge in [-0.2, -0.15) is 5.26 Å². The largest absolute Gasteiger partial charge is 0.373 e. The maximum Gasteiger partial charge on any atom is 0.136 e. The van der Waals surface area contributed by atoms with Crippen molar-refractivity contribution in [1.82, 2.24) is 15.0 Å². The standard InChI is InChI=1S/C15H17N5/c1-15(2,3)14-19-12(6-13(17-4)20-14)11-5-10(7-16)8-18-9-11/h5-6,8-9H,1-4H3,(H,17,19,20). The van der Waals surface area contributed by atoms with Crippen LogP contribution >= 0.6 is 0 Å². The highest BCUT2D eigenvalue weighted by molar-refractivity contribution is 5.63. The third kappa shape index (κ3) is 2.91. The van der Waals surface area contributed by atoms with E-state index in [0.29, 0.717) is 5.56 Å². The van der Waals surface area contributed by atoms with E-state index in [0.717, 1.165) is 22.9 Å². The van der Waals surface area contributed by atoms with Gasteiger partial charge < -0.3 is 5.32 Å². The predicted octanol–water partition coefficient (Wildman–Crippen LogP) is 2.75. The summed E-state index contributed by atoms with van der Waals surface area (Å²) in [6, 6.07) is 5.72. The lowest BCUT2D eigenvalue weighted by molar-refractivity contribution is 0.547. The van der Waals surface area contributed by atoms with Gasteiger partial charge in [-0.15, -0.1) is 0 Å². The van der Waals surface area contributed by atoms with Crippen LogP contribution in [0.5, 0.6) is 0 Å². The normalized spacial score (nSPS) is 10.9. The molecule has 20 heavy (non-hydrogen) atoms. The summed E-state index contributed by atoms with van der Waals surface area (Å²) in [4.78, 5) is 13.2. The first-order valence-electron chi connectivity index (χ1n) is 6.37. The third-order valence-electron chi connectivity index (χ3n) is 2.82. The van der Waals surface area contributed by atoms with Crippen molar-refractivity contribution >= 4 is 5.82 Å². The van der Waals surface area contributed by atoms with Gasteiger partial charge in [0.2, 0.25) is 0 Å². The van der Waals surface area contributed by atoms with Gasteiger partial charge in [0.25, 0.3) is 0 Å². The zero-order chi connectivity index (χ0) is 14.8. The van der Waals surface area contributed by atoms with E-state index >= 15 is 0 Å². The number of hydrogen-bond donors (Lipinski definition) is 1. The Morgan fingerprint density at radius 2 is 1.90 bits per heavy atom. The molecular formula is C15H17N5. The molecule has 0 amide bonds. The number of rotatable bonds is 2. The average molecular weight is 267 g/mol. The summed E-state index contributed by atoms with van der Waals surface area (Å²) < 4.78 is 0. The second-order valence-electron chi connectivity index (χ2n) is 5.54. The summed E-state index contributed by atoms with van der Waals surface area (Å²) >= 11 is 0. The average Bonchev–Trinajstić information content (AvgIpc) is 2.46. The van der Waals surface area contributed by atoms with Crippen molar-refractivity contribution in [1.29, 1.82) is 5.26 Å². The van der Waals surface area contributed by atoms with Crippen molar-refractivity contribution in [2.45, 2.75) is 26.2 Å². The Hall–Kier alpha value is -2.48. The molecule has 0 radical (unpaired) electrons. The lowest BCUT2D eigenvalue weighted by atomic mass is 9.95. The molecule has 2 aromatic heterocycles. The fourth-order valence-electron chi connectivity index (χ4n) is 1.70. The number of nitrogens with zero attached hydrogens (tertiary/aromatic N) is 4. The molecule has 0 aliphatic rings. The SMILES string of the molecule is CNc1cc(-c2cncc(C#N)c2)nc(C(C)(C)C)n1. The second-order valence-corrected chi connectivity index (χ2v) is 5.54. The van der Waals surface area contributed by atoms with E-state index in [-0.39, 0.29) is 5.41 Å². The van der Waals surface area contributed by atoms with Crippen LogP contribution in [0.15, 0.2) is 24.5 Å². The number of anilines is 1. The second kappa shape index (κ2) is 5.25. The Morgan fingerprint density at radius 3 is 2.50 bits per heavy atom. The van der Waals surface area contributed by atoms with E-state index in [1.54, 1.807) is 12.3 Å². The van der Waals surface area contributed by atoms with Gasteiger partial charge in [-0.3, -0.25) is 4.98 Å². The van der Waals surface area contributed by atoms with Gasteiger partial charge in [0, 0.05) is 36.5 Å². The maximum absolute atomic E-state index is 8.96. The molecule has 1 N–H and O–H groups in total. The smallest absolute Gasteiger partial charge is 0.136 e. The van der Waals surface area contributed by atoms with E-state index in [4.69, 9.17) is 5.26 Å². The molecule has 5 heteroatoms. The number of nitriles is 1. The summed E-state index contributed by atoms with van der Waals surface area (Å²) in [5, 5.41) is 12.0. The van der Waals surface area contributed by atoms with Crippen molar-refractivity contribution in [3.63, 3.8) is 0 Å². The molecule has 0 fully saturated rings. The Morgan fingerprint density at radius 1 is 1.15 bits per heavy atom. The van der Waals surface area contributed by atoms with Crippen LogP contribution in [0.25, 0.3) is 11.3 Å². The minimum absolute atomic E-state index is 0.151. The molecule has 2 aromatic rings. The molecule has 0 aliphatic heterocycles. The van der Waals surface area contributed by atoms with Crippen LogP contribution in [0, 0.1) is 11.3 Å². The highest BCUT2D eigenvalue weighted by Crippen LogP contribution is 2.25. The summed E-state index contributed by atoms with van der Waals surface area (Å²) in [7, 11) is 1.82.